The summed E-state index contributed by atoms with van der Waals surface area (Å²) in [6.07, 6.45) is 3.03. The zero-order valence-corrected chi connectivity index (χ0v) is 13.8. The molecule has 0 aromatic carbocycles. The van der Waals surface area contributed by atoms with Crippen LogP contribution in [0.4, 0.5) is 10.9 Å². The van der Waals surface area contributed by atoms with Crippen molar-refractivity contribution in [1.29, 1.82) is 0 Å². The molecule has 24 heavy (non-hydrogen) atoms. The van der Waals surface area contributed by atoms with Gasteiger partial charge in [0, 0.05) is 11.6 Å². The van der Waals surface area contributed by atoms with Gasteiger partial charge in [0.25, 0.3) is 5.91 Å². The number of hydrogen-bond acceptors (Lipinski definition) is 8. The Bertz CT molecular complexity index is 804. The summed E-state index contributed by atoms with van der Waals surface area (Å²) in [6.45, 7) is 0. The summed E-state index contributed by atoms with van der Waals surface area (Å²) in [5.74, 6) is 0.0957. The van der Waals surface area contributed by atoms with E-state index in [0.717, 1.165) is 0 Å². The molecule has 0 spiro atoms. The summed E-state index contributed by atoms with van der Waals surface area (Å²) >= 11 is 2.59. The lowest BCUT2D eigenvalue weighted by molar-refractivity contribution is -0.113. The Hall–Kier alpha value is -2.72. The van der Waals surface area contributed by atoms with Crippen LogP contribution in [-0.4, -0.2) is 32.7 Å². The number of amides is 2. The van der Waals surface area contributed by atoms with E-state index in [1.165, 1.54) is 29.4 Å². The van der Waals surface area contributed by atoms with E-state index in [-0.39, 0.29) is 17.4 Å². The Morgan fingerprint density at radius 2 is 2.12 bits per heavy atom. The predicted molar refractivity (Wildman–Crippen MR) is 90.2 cm³/mol. The molecule has 2 amide bonds. The van der Waals surface area contributed by atoms with Gasteiger partial charge in [-0.1, -0.05) is 11.8 Å². The zero-order chi connectivity index (χ0) is 16.8. The van der Waals surface area contributed by atoms with Gasteiger partial charge in [0.05, 0.1) is 12.0 Å². The monoisotopic (exact) mass is 361 g/mol. The number of nitrogens with one attached hydrogen (secondary N) is 2. The second-order valence-electron chi connectivity index (χ2n) is 4.36. The topological polar surface area (TPSA) is 110 Å². The maximum atomic E-state index is 11.8. The maximum Gasteiger partial charge on any atom is 0.292 e. The first-order valence-electron chi connectivity index (χ1n) is 6.71. The van der Waals surface area contributed by atoms with Gasteiger partial charge in [0.1, 0.15) is 5.03 Å². The molecule has 0 atom stereocenters. The van der Waals surface area contributed by atoms with Crippen LogP contribution in [0.15, 0.2) is 51.5 Å². The van der Waals surface area contributed by atoms with E-state index in [9.17, 15) is 9.59 Å². The summed E-state index contributed by atoms with van der Waals surface area (Å²) in [5, 5.41) is 16.0. The highest BCUT2D eigenvalue weighted by Crippen LogP contribution is 2.17. The Labute approximate surface area is 144 Å². The van der Waals surface area contributed by atoms with E-state index in [0.29, 0.717) is 16.0 Å². The lowest BCUT2D eigenvalue weighted by Gasteiger charge is -2.03. The molecule has 3 heterocycles. The van der Waals surface area contributed by atoms with Gasteiger partial charge in [0.2, 0.25) is 5.91 Å². The molecule has 122 valence electrons. The van der Waals surface area contributed by atoms with Crippen LogP contribution in [0, 0.1) is 0 Å². The average Bonchev–Trinajstić information content (AvgIpc) is 3.28. The first-order valence-corrected chi connectivity index (χ1v) is 8.58. The van der Waals surface area contributed by atoms with E-state index in [1.54, 1.807) is 35.8 Å². The molecule has 10 heteroatoms. The molecule has 0 aliphatic carbocycles. The van der Waals surface area contributed by atoms with E-state index in [1.807, 2.05) is 0 Å². The molecule has 0 aliphatic heterocycles. The van der Waals surface area contributed by atoms with Gasteiger partial charge in [-0.2, -0.15) is 0 Å². The molecule has 0 saturated heterocycles. The highest BCUT2D eigenvalue weighted by Gasteiger charge is 2.10. The SMILES string of the molecule is O=C(CSc1ccc(NC(=O)c2ccco2)nn1)Nc1nccs1. The third-order valence-electron chi connectivity index (χ3n) is 2.66. The molecular weight excluding hydrogens is 350 g/mol. The minimum absolute atomic E-state index is 0.174. The molecule has 8 nitrogen and oxygen atoms in total. The van der Waals surface area contributed by atoms with Crippen molar-refractivity contribution < 1.29 is 14.0 Å². The first kappa shape index (κ1) is 16.1. The quantitative estimate of drug-likeness (QED) is 0.649. The lowest BCUT2D eigenvalue weighted by atomic mass is 10.4. The molecule has 0 saturated carbocycles. The fourth-order valence-corrected chi connectivity index (χ4v) is 2.79. The van der Waals surface area contributed by atoms with Gasteiger partial charge in [-0.15, -0.1) is 21.5 Å². The molecule has 3 aromatic heterocycles. The van der Waals surface area contributed by atoms with Crippen LogP contribution in [0.1, 0.15) is 10.6 Å². The van der Waals surface area contributed by atoms with Crippen molar-refractivity contribution in [3.05, 3.63) is 47.9 Å². The van der Waals surface area contributed by atoms with Gasteiger partial charge in [-0.25, -0.2) is 4.98 Å². The Morgan fingerprint density at radius 3 is 2.79 bits per heavy atom. The molecule has 0 bridgehead atoms. The summed E-state index contributed by atoms with van der Waals surface area (Å²) in [5.41, 5.74) is 0. The smallest absolute Gasteiger partial charge is 0.292 e. The van der Waals surface area contributed by atoms with Gasteiger partial charge >= 0.3 is 0 Å². The number of rotatable bonds is 6. The van der Waals surface area contributed by atoms with Crippen LogP contribution in [-0.2, 0) is 4.79 Å². The van der Waals surface area contributed by atoms with Crippen LogP contribution >= 0.6 is 23.1 Å². The third-order valence-corrected chi connectivity index (χ3v) is 4.27. The molecule has 0 fully saturated rings. The molecule has 3 aromatic rings. The van der Waals surface area contributed by atoms with E-state index < -0.39 is 5.91 Å². The summed E-state index contributed by atoms with van der Waals surface area (Å²) < 4.78 is 4.99. The summed E-state index contributed by atoms with van der Waals surface area (Å²) in [7, 11) is 0. The minimum atomic E-state index is -0.405. The highest BCUT2D eigenvalue weighted by molar-refractivity contribution is 7.99. The number of carbonyl (C=O) groups excluding carboxylic acids is 2. The normalized spacial score (nSPS) is 10.3. The van der Waals surface area contributed by atoms with E-state index >= 15 is 0 Å². The van der Waals surface area contributed by atoms with Crippen molar-refractivity contribution in [1.82, 2.24) is 15.2 Å². The van der Waals surface area contributed by atoms with Crippen LogP contribution < -0.4 is 10.6 Å². The Balaban J connectivity index is 1.49. The van der Waals surface area contributed by atoms with Crippen molar-refractivity contribution in [2.45, 2.75) is 5.03 Å². The second kappa shape index (κ2) is 7.70. The second-order valence-corrected chi connectivity index (χ2v) is 6.25. The largest absolute Gasteiger partial charge is 0.459 e. The van der Waals surface area contributed by atoms with Crippen LogP contribution in [0.3, 0.4) is 0 Å². The molecule has 0 radical (unpaired) electrons. The number of furan rings is 1. The molecular formula is C14H11N5O3S2. The maximum absolute atomic E-state index is 11.8. The first-order chi connectivity index (χ1) is 11.7. The number of aromatic nitrogens is 3. The lowest BCUT2D eigenvalue weighted by Crippen LogP contribution is -2.14. The molecule has 3 rings (SSSR count). The standard InChI is InChI=1S/C14H11N5O3S2/c20-11(17-14-15-5-7-23-14)8-24-12-4-3-10(18-19-12)16-13(21)9-2-1-6-22-9/h1-7H,8H2,(H,15,17,20)(H,16,18,21). The number of thioether (sulfide) groups is 1. The fourth-order valence-electron chi connectivity index (χ4n) is 1.63. The summed E-state index contributed by atoms with van der Waals surface area (Å²) in [6, 6.07) is 6.45. The number of carbonyl (C=O) groups is 2. The van der Waals surface area contributed by atoms with Crippen molar-refractivity contribution in [2.75, 3.05) is 16.4 Å². The van der Waals surface area contributed by atoms with Crippen molar-refractivity contribution in [3.8, 4) is 0 Å². The van der Waals surface area contributed by atoms with Gasteiger partial charge in [-0.05, 0) is 24.3 Å². The van der Waals surface area contributed by atoms with Gasteiger partial charge < -0.3 is 15.1 Å². The van der Waals surface area contributed by atoms with Crippen molar-refractivity contribution in [3.63, 3.8) is 0 Å². The van der Waals surface area contributed by atoms with E-state index in [2.05, 4.69) is 25.8 Å². The number of thiazole rings is 1. The summed E-state index contributed by atoms with van der Waals surface area (Å²) in [4.78, 5) is 27.5. The number of hydrogen-bond donors (Lipinski definition) is 2. The molecule has 2 N–H and O–H groups in total. The third kappa shape index (κ3) is 4.40. The Morgan fingerprint density at radius 1 is 1.21 bits per heavy atom. The fraction of sp³-hybridized carbons (Fsp3) is 0.0714. The van der Waals surface area contributed by atoms with Crippen molar-refractivity contribution in [2.24, 2.45) is 0 Å². The molecule has 0 aliphatic rings. The van der Waals surface area contributed by atoms with Crippen LogP contribution in [0.2, 0.25) is 0 Å². The van der Waals surface area contributed by atoms with Crippen LogP contribution in [0.5, 0.6) is 0 Å². The van der Waals surface area contributed by atoms with Gasteiger partial charge in [0.15, 0.2) is 16.7 Å². The number of nitrogens with zero attached hydrogens (tertiary/aromatic N) is 3. The van der Waals surface area contributed by atoms with Crippen LogP contribution in [0.25, 0.3) is 0 Å². The predicted octanol–water partition coefficient (Wildman–Crippen LogP) is 2.51. The van der Waals surface area contributed by atoms with E-state index in [4.69, 9.17) is 4.42 Å². The Kier molecular flexibility index (Phi) is 5.18. The molecule has 0 unspecified atom stereocenters. The highest BCUT2D eigenvalue weighted by atomic mass is 32.2. The van der Waals surface area contributed by atoms with Crippen molar-refractivity contribution >= 4 is 45.9 Å². The zero-order valence-electron chi connectivity index (χ0n) is 12.1. The minimum Gasteiger partial charge on any atom is -0.459 e. The average molecular weight is 361 g/mol. The number of anilines is 2. The van der Waals surface area contributed by atoms with Gasteiger partial charge in [-0.3, -0.25) is 9.59 Å².